The van der Waals surface area contributed by atoms with E-state index in [1.54, 1.807) is 39.7 Å². The molecule has 0 spiro atoms. The van der Waals surface area contributed by atoms with Crippen LogP contribution in [0.15, 0.2) is 91.0 Å². The van der Waals surface area contributed by atoms with Crippen molar-refractivity contribution in [2.75, 3.05) is 28.0 Å². The Balaban J connectivity index is 0.929. The number of hydrogen-bond donors (Lipinski definition) is 2. The van der Waals surface area contributed by atoms with Crippen molar-refractivity contribution in [2.45, 2.75) is 128 Å². The van der Waals surface area contributed by atoms with Gasteiger partial charge in [0, 0.05) is 70.4 Å². The molecule has 0 aliphatic carbocycles. The Labute approximate surface area is 413 Å². The van der Waals surface area contributed by atoms with Gasteiger partial charge in [-0.05, 0) is 153 Å². The van der Waals surface area contributed by atoms with E-state index in [0.717, 1.165) is 76.2 Å². The highest BCUT2D eigenvalue weighted by atomic mass is 33.1. The van der Waals surface area contributed by atoms with Crippen LogP contribution in [0.1, 0.15) is 119 Å². The Morgan fingerprint density at radius 1 is 0.768 bits per heavy atom. The summed E-state index contributed by atoms with van der Waals surface area (Å²) in [7, 11) is 5.08. The van der Waals surface area contributed by atoms with Crippen molar-refractivity contribution in [1.82, 2.24) is 0 Å². The zero-order chi connectivity index (χ0) is 48.4. The van der Waals surface area contributed by atoms with Gasteiger partial charge in [0.25, 0.3) is 11.8 Å². The van der Waals surface area contributed by atoms with Gasteiger partial charge in [-0.1, -0.05) is 64.9 Å². The average Bonchev–Trinajstić information content (AvgIpc) is 3.86. The number of nitrogens with one attached hydrogen (secondary N) is 1. The first-order valence-electron chi connectivity index (χ1n) is 24.1. The van der Waals surface area contributed by atoms with Crippen LogP contribution in [0.5, 0.6) is 17.2 Å². The molecule has 13 heteroatoms. The van der Waals surface area contributed by atoms with E-state index in [1.807, 2.05) is 97.6 Å². The van der Waals surface area contributed by atoms with Crippen LogP contribution in [0.2, 0.25) is 0 Å². The van der Waals surface area contributed by atoms with Gasteiger partial charge in [-0.3, -0.25) is 19.2 Å². The number of para-hydroxylation sites is 2. The topological polar surface area (TPSA) is 135 Å². The molecule has 0 saturated carbocycles. The summed E-state index contributed by atoms with van der Waals surface area (Å²) in [6, 6.07) is 29.0. The van der Waals surface area contributed by atoms with Crippen molar-refractivity contribution in [3.05, 3.63) is 141 Å². The van der Waals surface area contributed by atoms with Crippen molar-refractivity contribution in [3.8, 4) is 17.2 Å². The van der Waals surface area contributed by atoms with Crippen LogP contribution >= 0.6 is 21.6 Å². The first-order valence-corrected chi connectivity index (χ1v) is 26.5. The number of carbonyl (C=O) groups is 4. The third-order valence-corrected chi connectivity index (χ3v) is 17.3. The van der Waals surface area contributed by atoms with Crippen molar-refractivity contribution in [2.24, 2.45) is 0 Å². The van der Waals surface area contributed by atoms with Gasteiger partial charge in [0.15, 0.2) is 11.5 Å². The van der Waals surface area contributed by atoms with Crippen LogP contribution in [-0.2, 0) is 48.5 Å². The van der Waals surface area contributed by atoms with Crippen LogP contribution in [0.3, 0.4) is 0 Å². The van der Waals surface area contributed by atoms with Crippen LogP contribution in [0.4, 0.5) is 17.1 Å². The number of rotatable bonds is 18. The smallest absolute Gasteiger partial charge is 0.258 e. The number of methoxy groups -OCH3 is 1. The quantitative estimate of drug-likeness (QED) is 0.0645. The normalized spacial score (nSPS) is 18.0. The Bertz CT molecular complexity index is 2790. The first kappa shape index (κ1) is 48.3. The third-order valence-electron chi connectivity index (χ3n) is 13.8. The van der Waals surface area contributed by atoms with Crippen LogP contribution in [-0.4, -0.2) is 64.4 Å². The number of hydrogen-bond acceptors (Lipinski definition) is 10. The number of aryl methyl sites for hydroxylation is 2. The molecule has 4 aliphatic rings. The van der Waals surface area contributed by atoms with E-state index in [-0.39, 0.29) is 53.5 Å². The number of nitrogens with zero attached hydrogens (tertiary/aromatic N) is 2. The largest absolute Gasteiger partial charge is 0.493 e. The maximum Gasteiger partial charge on any atom is 0.258 e. The monoisotopic (exact) mass is 967 g/mol. The Hall–Kier alpha value is -5.76. The van der Waals surface area contributed by atoms with E-state index in [2.05, 4.69) is 25.2 Å². The maximum atomic E-state index is 14.1. The molecule has 3 atom stereocenters. The number of anilines is 3. The lowest BCUT2D eigenvalue weighted by atomic mass is 9.96. The minimum absolute atomic E-state index is 0.0326. The van der Waals surface area contributed by atoms with Crippen LogP contribution < -0.4 is 29.3 Å². The van der Waals surface area contributed by atoms with Crippen LogP contribution in [0, 0.1) is 6.92 Å². The molecule has 2 N–H and O–H groups in total. The minimum atomic E-state index is -0.750. The van der Waals surface area contributed by atoms with Crippen molar-refractivity contribution >= 4 is 62.2 Å². The van der Waals surface area contributed by atoms with Gasteiger partial charge in [-0.2, -0.15) is 0 Å². The number of fused-ring (bicyclic) bond motifs is 8. The lowest BCUT2D eigenvalue weighted by Gasteiger charge is -2.26. The second-order valence-corrected chi connectivity index (χ2v) is 22.4. The molecule has 0 aromatic heterocycles. The molecule has 5 aromatic carbocycles. The van der Waals surface area contributed by atoms with E-state index in [4.69, 9.17) is 14.2 Å². The molecule has 0 saturated heterocycles. The Morgan fingerprint density at radius 2 is 1.42 bits per heavy atom. The lowest BCUT2D eigenvalue weighted by molar-refractivity contribution is -0.119. The zero-order valence-electron chi connectivity index (χ0n) is 40.1. The summed E-state index contributed by atoms with van der Waals surface area (Å²) in [4.78, 5) is 57.3. The van der Waals surface area contributed by atoms with Gasteiger partial charge >= 0.3 is 0 Å². The number of amides is 3. The van der Waals surface area contributed by atoms with Gasteiger partial charge in [0.1, 0.15) is 24.7 Å². The molecule has 0 bridgehead atoms. The highest BCUT2D eigenvalue weighted by Gasteiger charge is 2.42. The molecular formula is C56H61N3O8S2. The number of benzene rings is 5. The third kappa shape index (κ3) is 10.6. The number of ketones is 1. The zero-order valence-corrected chi connectivity index (χ0v) is 41.7. The van der Waals surface area contributed by atoms with E-state index >= 15 is 0 Å². The molecule has 0 radical (unpaired) electrons. The summed E-state index contributed by atoms with van der Waals surface area (Å²) in [5, 5.41) is 14.6. The van der Waals surface area contributed by atoms with Gasteiger partial charge in [0.2, 0.25) is 5.91 Å². The summed E-state index contributed by atoms with van der Waals surface area (Å²) in [5.41, 5.74) is 9.89. The second-order valence-electron chi connectivity index (χ2n) is 19.3. The number of aliphatic hydroxyl groups excluding tert-OH is 1. The molecule has 0 fully saturated rings. The summed E-state index contributed by atoms with van der Waals surface area (Å²) < 4.78 is 18.7. The molecule has 69 heavy (non-hydrogen) atoms. The lowest BCUT2D eigenvalue weighted by Crippen LogP contribution is -2.43. The van der Waals surface area contributed by atoms with Crippen molar-refractivity contribution in [3.63, 3.8) is 0 Å². The second kappa shape index (κ2) is 20.7. The summed E-state index contributed by atoms with van der Waals surface area (Å²) in [5.74, 6) is 2.49. The van der Waals surface area contributed by atoms with Crippen molar-refractivity contribution in [1.29, 1.82) is 0 Å². The molecule has 9 rings (SSSR count). The minimum Gasteiger partial charge on any atom is -0.493 e. The molecule has 5 aromatic rings. The highest BCUT2D eigenvalue weighted by molar-refractivity contribution is 8.77. The average molecular weight is 968 g/mol. The standard InChI is InChI=1S/C56H61N3O8S2/c1-6-43(60)14-11-21-68-69-56(3,4)20-19-53(62)57-41-24-35(32-66-50-30-40-28-49(61)48-27-39-13-8-10-16-47(39)59(48)55(64)44(40)22-34(50)2)23-36(25-41)33-67-52-29-37-17-18-42-26-38-12-7-9-15-46(38)58(42)54(63)45(37)31-51(52)65-5/h7-10,12-13,15-16,22-25,29-31,42,48-49,61H,6,11,14,17-21,26-28,32-33H2,1-5H3,(H,57,62)/t42-,48+,49?/m1/s1. The molecule has 11 nitrogen and oxygen atoms in total. The fraction of sp³-hybridized carbons (Fsp3) is 0.393. The molecule has 4 heterocycles. The molecule has 4 aliphatic heterocycles. The highest BCUT2D eigenvalue weighted by Crippen LogP contribution is 2.43. The fourth-order valence-corrected chi connectivity index (χ4v) is 12.8. The first-order chi connectivity index (χ1) is 33.3. The molecular weight excluding hydrogens is 907 g/mol. The van der Waals surface area contributed by atoms with Gasteiger partial charge in [-0.25, -0.2) is 0 Å². The Morgan fingerprint density at radius 3 is 2.14 bits per heavy atom. The van der Waals surface area contributed by atoms with E-state index in [9.17, 15) is 24.3 Å². The number of ether oxygens (including phenoxy) is 3. The van der Waals surface area contributed by atoms with Crippen LogP contribution in [0.25, 0.3) is 0 Å². The van der Waals surface area contributed by atoms with E-state index in [1.165, 1.54) is 5.56 Å². The van der Waals surface area contributed by atoms with Gasteiger partial charge < -0.3 is 34.4 Å². The van der Waals surface area contributed by atoms with E-state index < -0.39 is 6.10 Å². The number of Topliss-reactive ketones (excluding diaryl/α,β-unsaturated/α-hetero) is 1. The molecule has 1 unspecified atom stereocenters. The summed E-state index contributed by atoms with van der Waals surface area (Å²) in [6.45, 7) is 8.40. The molecule has 360 valence electrons. The SMILES string of the molecule is CCC(=O)CCCSSC(C)(C)CCC(=O)Nc1cc(COc2cc3c(cc2C)C(=O)N2c4ccccc4C[C@H]2C(O)C3)cc(COc2cc3c(cc2OC)C(=O)N2c4ccccc4C[C@H]2CC3)c1. The Kier molecular flexibility index (Phi) is 14.5. The predicted octanol–water partition coefficient (Wildman–Crippen LogP) is 10.8. The molecule has 3 amide bonds. The van der Waals surface area contributed by atoms with Gasteiger partial charge in [-0.15, -0.1) is 0 Å². The number of aliphatic hydroxyl groups is 1. The van der Waals surface area contributed by atoms with E-state index in [0.29, 0.717) is 72.6 Å². The van der Waals surface area contributed by atoms with Gasteiger partial charge in [0.05, 0.1) is 19.3 Å². The predicted molar refractivity (Wildman–Crippen MR) is 275 cm³/mol. The maximum absolute atomic E-state index is 14.1. The fourth-order valence-electron chi connectivity index (χ4n) is 10.1. The number of carbonyl (C=O) groups excluding carboxylic acids is 4. The summed E-state index contributed by atoms with van der Waals surface area (Å²) in [6.07, 6.45) is 5.56. The summed E-state index contributed by atoms with van der Waals surface area (Å²) >= 11 is 0. The van der Waals surface area contributed by atoms with Crippen molar-refractivity contribution < 1.29 is 38.5 Å².